The minimum Gasteiger partial charge on any atom is -0.483 e. The van der Waals surface area contributed by atoms with Crippen LogP contribution in [0.5, 0.6) is 5.75 Å². The van der Waals surface area contributed by atoms with Crippen LogP contribution in [0.1, 0.15) is 39.1 Å². The molecule has 2 heterocycles. The zero-order valence-electron chi connectivity index (χ0n) is 20.8. The first kappa shape index (κ1) is 24.5. The van der Waals surface area contributed by atoms with Crippen molar-refractivity contribution >= 4 is 5.91 Å². The highest BCUT2D eigenvalue weighted by Gasteiger charge is 2.38. The van der Waals surface area contributed by atoms with Gasteiger partial charge in [0.15, 0.2) is 11.4 Å². The maximum absolute atomic E-state index is 13.8. The van der Waals surface area contributed by atoms with Crippen LogP contribution < -0.4 is 10.2 Å². The van der Waals surface area contributed by atoms with Crippen LogP contribution in [-0.4, -0.2) is 42.2 Å². The summed E-state index contributed by atoms with van der Waals surface area (Å²) in [6.45, 7) is 1.50. The number of benzene rings is 3. The van der Waals surface area contributed by atoms with Crippen molar-refractivity contribution < 1.29 is 14.3 Å². The van der Waals surface area contributed by atoms with Crippen molar-refractivity contribution in [2.75, 3.05) is 26.8 Å². The number of ether oxygens (including phenoxy) is 2. The largest absolute Gasteiger partial charge is 0.483 e. The summed E-state index contributed by atoms with van der Waals surface area (Å²) in [5, 5.41) is 0. The highest BCUT2D eigenvalue weighted by atomic mass is 16.5. The Morgan fingerprint density at radius 2 is 1.43 bits per heavy atom. The maximum Gasteiger partial charge on any atom is 0.274 e. The number of rotatable bonds is 9. The summed E-state index contributed by atoms with van der Waals surface area (Å²) >= 11 is 0. The topological polar surface area (TPSA) is 60.8 Å². The molecule has 1 amide bonds. The Hall–Kier alpha value is -4.16. The van der Waals surface area contributed by atoms with E-state index in [-0.39, 0.29) is 41.3 Å². The molecule has 1 aliphatic heterocycles. The Morgan fingerprint density at radius 1 is 0.838 bits per heavy atom. The molecule has 3 aromatic carbocycles. The van der Waals surface area contributed by atoms with Crippen LogP contribution in [0, 0.1) is 0 Å². The lowest BCUT2D eigenvalue weighted by atomic mass is 9.83. The van der Waals surface area contributed by atoms with Gasteiger partial charge in [0.2, 0.25) is 5.43 Å². The third kappa shape index (κ3) is 5.20. The van der Waals surface area contributed by atoms with E-state index < -0.39 is 0 Å². The molecule has 0 unspecified atom stereocenters. The molecule has 1 aliphatic rings. The molecule has 1 atom stereocenters. The normalized spacial score (nSPS) is 15.0. The molecule has 0 saturated carbocycles. The van der Waals surface area contributed by atoms with Gasteiger partial charge in [-0.3, -0.25) is 9.59 Å². The van der Waals surface area contributed by atoms with Crippen molar-refractivity contribution in [2.24, 2.45) is 0 Å². The van der Waals surface area contributed by atoms with Crippen LogP contribution >= 0.6 is 0 Å². The number of carbonyl (C=O) groups is 1. The van der Waals surface area contributed by atoms with Gasteiger partial charge in [0.1, 0.15) is 6.61 Å². The van der Waals surface area contributed by atoms with Crippen LogP contribution in [0.25, 0.3) is 0 Å². The molecule has 0 saturated heterocycles. The molecule has 5 rings (SSSR count). The van der Waals surface area contributed by atoms with Gasteiger partial charge >= 0.3 is 0 Å². The van der Waals surface area contributed by atoms with Gasteiger partial charge in [-0.1, -0.05) is 91.0 Å². The molecule has 0 radical (unpaired) electrons. The smallest absolute Gasteiger partial charge is 0.274 e. The first-order valence-corrected chi connectivity index (χ1v) is 12.5. The number of hydrogen-bond acceptors (Lipinski definition) is 4. The van der Waals surface area contributed by atoms with Gasteiger partial charge in [0.25, 0.3) is 5.91 Å². The van der Waals surface area contributed by atoms with E-state index in [1.165, 1.54) is 6.07 Å². The second kappa shape index (κ2) is 11.3. The van der Waals surface area contributed by atoms with Crippen molar-refractivity contribution in [3.8, 4) is 5.75 Å². The third-order valence-electron chi connectivity index (χ3n) is 6.83. The molecule has 0 fully saturated rings. The van der Waals surface area contributed by atoms with Crippen LogP contribution in [-0.2, 0) is 11.3 Å². The zero-order chi connectivity index (χ0) is 25.6. The predicted molar refractivity (Wildman–Crippen MR) is 143 cm³/mol. The number of pyridine rings is 1. The van der Waals surface area contributed by atoms with Crippen molar-refractivity contribution in [3.63, 3.8) is 0 Å². The molecule has 0 bridgehead atoms. The minimum absolute atomic E-state index is 0.0521. The van der Waals surface area contributed by atoms with E-state index in [0.29, 0.717) is 19.7 Å². The standard InChI is InChI=1S/C31H30N2O4/c1-36-20-19-32-21-26(28(24-13-7-3-8-14-24)25-15-9-4-10-16-25)33-18-17-27(34)30(29(33)31(32)35)37-22-23-11-5-2-6-12-23/h2-18,26,28H,19-22H2,1H3/t26-/m1/s1. The first-order chi connectivity index (χ1) is 18.2. The van der Waals surface area contributed by atoms with Crippen LogP contribution in [0.3, 0.4) is 0 Å². The quantitative estimate of drug-likeness (QED) is 0.332. The number of nitrogens with zero attached hydrogens (tertiary/aromatic N) is 2. The molecule has 0 aliphatic carbocycles. The number of methoxy groups -OCH3 is 1. The molecular weight excluding hydrogens is 464 g/mol. The van der Waals surface area contributed by atoms with E-state index >= 15 is 0 Å². The van der Waals surface area contributed by atoms with Crippen molar-refractivity contribution in [3.05, 3.63) is 136 Å². The summed E-state index contributed by atoms with van der Waals surface area (Å²) in [5.74, 6) is -0.193. The van der Waals surface area contributed by atoms with Gasteiger partial charge in [0.05, 0.1) is 12.6 Å². The molecular formula is C31H30N2O4. The van der Waals surface area contributed by atoms with Gasteiger partial charge in [-0.25, -0.2) is 0 Å². The fourth-order valence-corrected chi connectivity index (χ4v) is 5.05. The fraction of sp³-hybridized carbons (Fsp3) is 0.226. The molecule has 6 heteroatoms. The Bertz CT molecular complexity index is 1350. The van der Waals surface area contributed by atoms with E-state index in [2.05, 4.69) is 24.3 Å². The fourth-order valence-electron chi connectivity index (χ4n) is 5.05. The molecule has 4 aromatic rings. The summed E-state index contributed by atoms with van der Waals surface area (Å²) in [7, 11) is 1.62. The van der Waals surface area contributed by atoms with Crippen LogP contribution in [0.4, 0.5) is 0 Å². The molecule has 6 nitrogen and oxygen atoms in total. The molecule has 1 aromatic heterocycles. The number of aromatic nitrogens is 1. The molecule has 0 N–H and O–H groups in total. The Balaban J connectivity index is 1.64. The molecule has 188 valence electrons. The average molecular weight is 495 g/mol. The zero-order valence-corrected chi connectivity index (χ0v) is 20.8. The molecule has 37 heavy (non-hydrogen) atoms. The van der Waals surface area contributed by atoms with Gasteiger partial charge < -0.3 is 18.9 Å². The van der Waals surface area contributed by atoms with Crippen LogP contribution in [0.2, 0.25) is 0 Å². The van der Waals surface area contributed by atoms with E-state index in [4.69, 9.17) is 9.47 Å². The van der Waals surface area contributed by atoms with Gasteiger partial charge in [-0.15, -0.1) is 0 Å². The Kier molecular flexibility index (Phi) is 7.47. The maximum atomic E-state index is 13.8. The Labute approximate surface area is 216 Å². The van der Waals surface area contributed by atoms with Gasteiger partial charge in [-0.05, 0) is 16.7 Å². The van der Waals surface area contributed by atoms with Crippen molar-refractivity contribution in [2.45, 2.75) is 18.6 Å². The average Bonchev–Trinajstić information content (AvgIpc) is 2.95. The second-order valence-corrected chi connectivity index (χ2v) is 9.15. The summed E-state index contributed by atoms with van der Waals surface area (Å²) in [5.41, 5.74) is 3.17. The number of carbonyl (C=O) groups excluding carboxylic acids is 1. The second-order valence-electron chi connectivity index (χ2n) is 9.15. The first-order valence-electron chi connectivity index (χ1n) is 12.5. The minimum atomic E-state index is -0.307. The number of amides is 1. The summed E-state index contributed by atoms with van der Waals surface area (Å²) in [6.07, 6.45) is 1.74. The lowest BCUT2D eigenvalue weighted by Crippen LogP contribution is -2.47. The van der Waals surface area contributed by atoms with Crippen LogP contribution in [0.15, 0.2) is 108 Å². The van der Waals surface area contributed by atoms with E-state index in [1.807, 2.05) is 71.3 Å². The lowest BCUT2D eigenvalue weighted by Gasteiger charge is -2.40. The van der Waals surface area contributed by atoms with E-state index in [9.17, 15) is 9.59 Å². The van der Waals surface area contributed by atoms with Crippen molar-refractivity contribution in [1.29, 1.82) is 0 Å². The SMILES string of the molecule is COCCN1C[C@H](C(c2ccccc2)c2ccccc2)n2ccc(=O)c(OCc3ccccc3)c2C1=O. The van der Waals surface area contributed by atoms with Crippen molar-refractivity contribution in [1.82, 2.24) is 9.47 Å². The summed E-state index contributed by atoms with van der Waals surface area (Å²) in [4.78, 5) is 28.6. The van der Waals surface area contributed by atoms with Gasteiger partial charge in [-0.2, -0.15) is 0 Å². The summed E-state index contributed by atoms with van der Waals surface area (Å²) < 4.78 is 13.3. The monoisotopic (exact) mass is 494 g/mol. The van der Waals surface area contributed by atoms with E-state index in [1.54, 1.807) is 18.2 Å². The predicted octanol–water partition coefficient (Wildman–Crippen LogP) is 4.90. The van der Waals surface area contributed by atoms with E-state index in [0.717, 1.165) is 16.7 Å². The highest BCUT2D eigenvalue weighted by Crippen LogP contribution is 2.40. The summed E-state index contributed by atoms with van der Waals surface area (Å²) in [6, 6.07) is 31.6. The highest BCUT2D eigenvalue weighted by molar-refractivity contribution is 5.96. The Morgan fingerprint density at radius 3 is 2.03 bits per heavy atom. The van der Waals surface area contributed by atoms with Gasteiger partial charge in [0, 0.05) is 38.4 Å². The molecule has 0 spiro atoms. The third-order valence-corrected chi connectivity index (χ3v) is 6.83. The number of fused-ring (bicyclic) bond motifs is 1. The lowest BCUT2D eigenvalue weighted by molar-refractivity contribution is 0.0579. The number of hydrogen-bond donors (Lipinski definition) is 0.